The number of ether oxygens (including phenoxy) is 7. The zero-order chi connectivity index (χ0) is 26.8. The highest BCUT2D eigenvalue weighted by molar-refractivity contribution is 6.07. The molecule has 9 heteroatoms. The SMILES string of the molecule is COc1cccc(COC(=O)Oc2cc(C=CC(=O)c3cc(OC)c(OC)c(OC)c3)ccc2OC)c1. The van der Waals surface area contributed by atoms with E-state index in [2.05, 4.69) is 0 Å². The van der Waals surface area contributed by atoms with Gasteiger partial charge in [-0.1, -0.05) is 24.3 Å². The van der Waals surface area contributed by atoms with Crippen LogP contribution in [0.4, 0.5) is 4.79 Å². The lowest BCUT2D eigenvalue weighted by Crippen LogP contribution is -2.11. The first-order valence-corrected chi connectivity index (χ1v) is 11.1. The normalized spacial score (nSPS) is 10.5. The monoisotopic (exact) mass is 508 g/mol. The maximum Gasteiger partial charge on any atom is 0.514 e. The van der Waals surface area contributed by atoms with Crippen LogP contribution in [0.1, 0.15) is 21.5 Å². The molecule has 0 aliphatic rings. The first-order valence-electron chi connectivity index (χ1n) is 11.1. The molecule has 194 valence electrons. The Morgan fingerprint density at radius 2 is 1.43 bits per heavy atom. The number of allylic oxidation sites excluding steroid dienone is 1. The maximum absolute atomic E-state index is 12.8. The van der Waals surface area contributed by atoms with Crippen LogP contribution in [0.5, 0.6) is 34.5 Å². The predicted molar refractivity (Wildman–Crippen MR) is 136 cm³/mol. The molecular weight excluding hydrogens is 480 g/mol. The summed E-state index contributed by atoms with van der Waals surface area (Å²) >= 11 is 0. The number of hydrogen-bond acceptors (Lipinski definition) is 9. The average molecular weight is 509 g/mol. The molecule has 9 nitrogen and oxygen atoms in total. The molecule has 0 bridgehead atoms. The summed E-state index contributed by atoms with van der Waals surface area (Å²) in [5.74, 6) is 1.94. The number of rotatable bonds is 11. The predicted octanol–water partition coefficient (Wildman–Crippen LogP) is 5.34. The minimum atomic E-state index is -0.907. The van der Waals surface area contributed by atoms with Gasteiger partial charge in [0.1, 0.15) is 12.4 Å². The third-order valence-electron chi connectivity index (χ3n) is 5.25. The number of carbonyl (C=O) groups excluding carboxylic acids is 2. The molecule has 0 saturated carbocycles. The lowest BCUT2D eigenvalue weighted by atomic mass is 10.1. The minimum absolute atomic E-state index is 0.00122. The van der Waals surface area contributed by atoms with Gasteiger partial charge >= 0.3 is 6.16 Å². The van der Waals surface area contributed by atoms with E-state index in [0.29, 0.717) is 39.9 Å². The van der Waals surface area contributed by atoms with Crippen molar-refractivity contribution in [2.45, 2.75) is 6.61 Å². The van der Waals surface area contributed by atoms with E-state index < -0.39 is 6.16 Å². The van der Waals surface area contributed by atoms with E-state index in [1.807, 2.05) is 0 Å². The smallest absolute Gasteiger partial charge is 0.497 e. The van der Waals surface area contributed by atoms with Gasteiger partial charge in [0, 0.05) is 5.56 Å². The molecule has 0 N–H and O–H groups in total. The van der Waals surface area contributed by atoms with Crippen LogP contribution in [0.3, 0.4) is 0 Å². The van der Waals surface area contributed by atoms with Crippen LogP contribution in [-0.2, 0) is 11.3 Å². The van der Waals surface area contributed by atoms with Crippen molar-refractivity contribution in [3.05, 3.63) is 77.4 Å². The molecule has 0 saturated heterocycles. The minimum Gasteiger partial charge on any atom is -0.497 e. The highest BCUT2D eigenvalue weighted by atomic mass is 16.7. The summed E-state index contributed by atoms with van der Waals surface area (Å²) in [6, 6.07) is 15.2. The second kappa shape index (κ2) is 12.9. The highest BCUT2D eigenvalue weighted by Gasteiger charge is 2.16. The Labute approximate surface area is 215 Å². The molecule has 0 spiro atoms. The quantitative estimate of drug-likeness (QED) is 0.147. The van der Waals surface area contributed by atoms with Crippen molar-refractivity contribution in [1.82, 2.24) is 0 Å². The Balaban J connectivity index is 1.73. The van der Waals surface area contributed by atoms with Crippen LogP contribution < -0.4 is 28.4 Å². The molecule has 0 amide bonds. The van der Waals surface area contributed by atoms with E-state index in [-0.39, 0.29) is 18.1 Å². The Kier molecular flexibility index (Phi) is 9.37. The molecule has 3 aromatic carbocycles. The van der Waals surface area contributed by atoms with E-state index in [1.165, 1.54) is 34.5 Å². The summed E-state index contributed by atoms with van der Waals surface area (Å²) < 4.78 is 36.9. The van der Waals surface area contributed by atoms with Crippen LogP contribution in [-0.4, -0.2) is 47.5 Å². The summed E-state index contributed by atoms with van der Waals surface area (Å²) in [4.78, 5) is 25.1. The van der Waals surface area contributed by atoms with Gasteiger partial charge < -0.3 is 33.2 Å². The average Bonchev–Trinajstić information content (AvgIpc) is 2.94. The zero-order valence-corrected chi connectivity index (χ0v) is 21.2. The molecule has 0 fully saturated rings. The Hall–Kier alpha value is -4.66. The molecule has 0 radical (unpaired) electrons. The zero-order valence-electron chi connectivity index (χ0n) is 21.2. The van der Waals surface area contributed by atoms with Gasteiger partial charge in [-0.25, -0.2) is 4.79 Å². The van der Waals surface area contributed by atoms with Crippen LogP contribution in [0, 0.1) is 0 Å². The lowest BCUT2D eigenvalue weighted by Gasteiger charge is -2.13. The largest absolute Gasteiger partial charge is 0.514 e. The van der Waals surface area contributed by atoms with E-state index in [0.717, 1.165) is 5.56 Å². The Morgan fingerprint density at radius 1 is 0.730 bits per heavy atom. The third-order valence-corrected chi connectivity index (χ3v) is 5.25. The number of hydrogen-bond donors (Lipinski definition) is 0. The molecule has 0 unspecified atom stereocenters. The molecule has 0 heterocycles. The van der Waals surface area contributed by atoms with E-state index in [9.17, 15) is 9.59 Å². The fraction of sp³-hybridized carbons (Fsp3) is 0.214. The standard InChI is InChI=1S/C28H28O9/c1-31-21-8-6-7-19(13-21)17-36-28(30)37-24-14-18(10-12-23(24)32-2)9-11-22(29)20-15-25(33-3)27(35-5)26(16-20)34-4/h6-16H,17H2,1-5H3. The van der Waals surface area contributed by atoms with Crippen molar-refractivity contribution >= 4 is 18.0 Å². The van der Waals surface area contributed by atoms with Crippen molar-refractivity contribution < 1.29 is 42.7 Å². The number of benzene rings is 3. The number of methoxy groups -OCH3 is 5. The van der Waals surface area contributed by atoms with Gasteiger partial charge in [0.25, 0.3) is 0 Å². The molecule has 0 atom stereocenters. The fourth-order valence-electron chi connectivity index (χ4n) is 3.39. The first kappa shape index (κ1) is 26.9. The van der Waals surface area contributed by atoms with Gasteiger partial charge in [-0.15, -0.1) is 0 Å². The summed E-state index contributed by atoms with van der Waals surface area (Å²) in [6.45, 7) is 0.00122. The molecule has 0 aromatic heterocycles. The summed E-state index contributed by atoms with van der Waals surface area (Å²) in [7, 11) is 7.44. The van der Waals surface area contributed by atoms with E-state index >= 15 is 0 Å². The first-order chi connectivity index (χ1) is 17.9. The molecule has 3 aromatic rings. The summed E-state index contributed by atoms with van der Waals surface area (Å²) in [5.41, 5.74) is 1.68. The van der Waals surface area contributed by atoms with E-state index in [1.54, 1.807) is 67.8 Å². The molecule has 0 aliphatic heterocycles. The van der Waals surface area contributed by atoms with Crippen molar-refractivity contribution in [2.75, 3.05) is 35.5 Å². The van der Waals surface area contributed by atoms with Crippen molar-refractivity contribution in [3.8, 4) is 34.5 Å². The van der Waals surface area contributed by atoms with E-state index in [4.69, 9.17) is 33.2 Å². The van der Waals surface area contributed by atoms with Crippen LogP contribution in [0.15, 0.2) is 60.7 Å². The number of carbonyl (C=O) groups is 2. The molecule has 3 rings (SSSR count). The van der Waals surface area contributed by atoms with Crippen molar-refractivity contribution in [3.63, 3.8) is 0 Å². The maximum atomic E-state index is 12.8. The lowest BCUT2D eigenvalue weighted by molar-refractivity contribution is 0.0915. The highest BCUT2D eigenvalue weighted by Crippen LogP contribution is 2.38. The number of ketones is 1. The Morgan fingerprint density at radius 3 is 2.05 bits per heavy atom. The van der Waals surface area contributed by atoms with Gasteiger partial charge in [0.15, 0.2) is 28.8 Å². The fourth-order valence-corrected chi connectivity index (χ4v) is 3.39. The summed E-state index contributed by atoms with van der Waals surface area (Å²) in [5, 5.41) is 0. The molecule has 37 heavy (non-hydrogen) atoms. The second-order valence-electron chi connectivity index (χ2n) is 7.51. The van der Waals surface area contributed by atoms with Gasteiger partial charge in [-0.3, -0.25) is 4.79 Å². The summed E-state index contributed by atoms with van der Waals surface area (Å²) in [6.07, 6.45) is 2.06. The molecule has 0 aliphatic carbocycles. The van der Waals surface area contributed by atoms with Crippen molar-refractivity contribution in [1.29, 1.82) is 0 Å². The second-order valence-corrected chi connectivity index (χ2v) is 7.51. The Bertz CT molecular complexity index is 1260. The third kappa shape index (κ3) is 6.94. The van der Waals surface area contributed by atoms with Crippen molar-refractivity contribution in [2.24, 2.45) is 0 Å². The van der Waals surface area contributed by atoms with Gasteiger partial charge in [-0.05, 0) is 53.6 Å². The van der Waals surface area contributed by atoms with Crippen LogP contribution >= 0.6 is 0 Å². The molecular formula is C28H28O9. The van der Waals surface area contributed by atoms with Crippen LogP contribution in [0.2, 0.25) is 0 Å². The van der Waals surface area contributed by atoms with Gasteiger partial charge in [0.2, 0.25) is 5.75 Å². The van der Waals surface area contributed by atoms with Gasteiger partial charge in [0.05, 0.1) is 35.5 Å². The van der Waals surface area contributed by atoms with Crippen LogP contribution in [0.25, 0.3) is 6.08 Å². The topological polar surface area (TPSA) is 98.8 Å². The van der Waals surface area contributed by atoms with Gasteiger partial charge in [-0.2, -0.15) is 0 Å².